The molecule has 0 fully saturated rings. The number of nitrogens with zero attached hydrogens (tertiary/aromatic N) is 4. The summed E-state index contributed by atoms with van der Waals surface area (Å²) in [5.74, 6) is 0. The van der Waals surface area contributed by atoms with Crippen LogP contribution in [0, 0.1) is 6.92 Å². The summed E-state index contributed by atoms with van der Waals surface area (Å²) in [6.07, 6.45) is 25.2. The van der Waals surface area contributed by atoms with Crippen LogP contribution in [0.4, 0.5) is 22.7 Å². The van der Waals surface area contributed by atoms with E-state index in [1.54, 1.807) is 0 Å². The van der Waals surface area contributed by atoms with E-state index in [-0.39, 0.29) is 0 Å². The van der Waals surface area contributed by atoms with E-state index in [0.29, 0.717) is 0 Å². The van der Waals surface area contributed by atoms with Crippen molar-refractivity contribution in [3.8, 4) is 0 Å². The van der Waals surface area contributed by atoms with E-state index in [9.17, 15) is 0 Å². The molecule has 0 unspecified atom stereocenters. The first-order valence-electron chi connectivity index (χ1n) is 23.8. The summed E-state index contributed by atoms with van der Waals surface area (Å²) in [7, 11) is -2.74. The number of para-hydroxylation sites is 4. The highest BCUT2D eigenvalue weighted by atomic mass is 31.2. The van der Waals surface area contributed by atoms with Gasteiger partial charge < -0.3 is 0 Å². The van der Waals surface area contributed by atoms with Crippen LogP contribution in [0.3, 0.4) is 0 Å². The first-order valence-corrected chi connectivity index (χ1v) is 25.4. The predicted molar refractivity (Wildman–Crippen MR) is 262 cm³/mol. The molecule has 0 saturated heterocycles. The topological polar surface area (TPSA) is 13.0 Å². The van der Waals surface area contributed by atoms with Crippen LogP contribution in [-0.4, -0.2) is 26.2 Å². The molecule has 0 aliphatic carbocycles. The lowest BCUT2D eigenvalue weighted by Crippen LogP contribution is -2.55. The molecule has 4 aromatic rings. The molecule has 0 N–H and O–H groups in total. The summed E-state index contributed by atoms with van der Waals surface area (Å²) in [4.78, 5) is 0. The molecule has 0 aromatic heterocycles. The molecule has 5 heteroatoms. The summed E-state index contributed by atoms with van der Waals surface area (Å²) < 4.78 is 12.0. The summed E-state index contributed by atoms with van der Waals surface area (Å²) in [5, 5.41) is 0. The summed E-state index contributed by atoms with van der Waals surface area (Å²) in [6.45, 7) is 15.8. The number of anilines is 4. The first kappa shape index (κ1) is 47.2. The summed E-state index contributed by atoms with van der Waals surface area (Å²) >= 11 is 0. The SMILES string of the molecule is CCCCCCCN(c1ccccc1)[P+](N(CCCCCCC)c1ccccc1)(N(CCCCCCC)c1ccccc1)N(CCCCCCC)c1ccccc1C. The van der Waals surface area contributed by atoms with Crippen molar-refractivity contribution in [3.05, 3.63) is 121 Å². The fraction of sp³-hybridized carbons (Fsp3) is 0.547. The van der Waals surface area contributed by atoms with E-state index in [4.69, 9.17) is 0 Å². The van der Waals surface area contributed by atoms with Gasteiger partial charge in [-0.25, -0.2) is 0 Å². The van der Waals surface area contributed by atoms with Crippen molar-refractivity contribution in [3.63, 3.8) is 0 Å². The maximum absolute atomic E-state index is 3.01. The van der Waals surface area contributed by atoms with E-state index >= 15 is 0 Å². The Labute approximate surface area is 358 Å². The Morgan fingerprint density at radius 2 is 0.586 bits per heavy atom. The smallest absolute Gasteiger partial charge is 0.190 e. The average Bonchev–Trinajstić information content (AvgIpc) is 3.26. The maximum atomic E-state index is 3.01. The van der Waals surface area contributed by atoms with Gasteiger partial charge in [0.15, 0.2) is 0 Å². The quantitative estimate of drug-likeness (QED) is 0.0360. The Kier molecular flexibility index (Phi) is 22.8. The van der Waals surface area contributed by atoms with E-state index in [1.807, 2.05) is 0 Å². The third-order valence-electron chi connectivity index (χ3n) is 11.7. The van der Waals surface area contributed by atoms with Crippen LogP contribution in [0.1, 0.15) is 162 Å². The molecule has 4 nitrogen and oxygen atoms in total. The zero-order valence-corrected chi connectivity index (χ0v) is 38.6. The van der Waals surface area contributed by atoms with Crippen LogP contribution in [0.25, 0.3) is 0 Å². The minimum Gasteiger partial charge on any atom is -0.190 e. The summed E-state index contributed by atoms with van der Waals surface area (Å²) in [6, 6.07) is 44.2. The van der Waals surface area contributed by atoms with Gasteiger partial charge in [0, 0.05) is 0 Å². The van der Waals surface area contributed by atoms with Crippen LogP contribution in [-0.2, 0) is 0 Å². The predicted octanol–water partition coefficient (Wildman–Crippen LogP) is 16.9. The maximum Gasteiger partial charge on any atom is 0.405 e. The molecule has 0 aliphatic rings. The highest BCUT2D eigenvalue weighted by Gasteiger charge is 2.63. The van der Waals surface area contributed by atoms with Crippen molar-refractivity contribution < 1.29 is 0 Å². The Balaban J connectivity index is 2.15. The number of rotatable bonds is 32. The van der Waals surface area contributed by atoms with Gasteiger partial charge in [0.1, 0.15) is 0 Å². The van der Waals surface area contributed by atoms with Crippen molar-refractivity contribution in [2.45, 2.75) is 163 Å². The molecular weight excluding hydrogens is 724 g/mol. The van der Waals surface area contributed by atoms with E-state index < -0.39 is 7.87 Å². The Morgan fingerprint density at radius 1 is 0.310 bits per heavy atom. The van der Waals surface area contributed by atoms with Crippen LogP contribution in [0.5, 0.6) is 0 Å². The van der Waals surface area contributed by atoms with Gasteiger partial charge in [-0.15, -0.1) is 0 Å². The average molecular weight is 806 g/mol. The fourth-order valence-electron chi connectivity index (χ4n) is 8.55. The molecule has 0 spiro atoms. The molecule has 0 atom stereocenters. The van der Waals surface area contributed by atoms with Crippen molar-refractivity contribution in [1.29, 1.82) is 0 Å². The number of aryl methyl sites for hydroxylation is 1. The van der Waals surface area contributed by atoms with E-state index in [1.165, 1.54) is 157 Å². The molecule has 4 rings (SSSR count). The van der Waals surface area contributed by atoms with Gasteiger partial charge >= 0.3 is 7.87 Å². The lowest BCUT2D eigenvalue weighted by molar-refractivity contribution is 0.621. The standard InChI is InChI=1S/C53H82N4P/c1-6-10-14-18-33-45-54(50-38-25-22-26-39-50)58(55(46-34-19-15-11-7-2)51-40-27-23-28-41-51,56(47-35-20-16-12-8-3)52-42-29-24-30-43-52)57(48-36-21-17-13-9-4)53-44-32-31-37-49(53)5/h22-32,37-44H,6-21,33-36,45-48H2,1-5H3/q+1. The Hall–Kier alpha value is -3.49. The molecule has 0 aliphatic heterocycles. The second-order valence-electron chi connectivity index (χ2n) is 16.5. The van der Waals surface area contributed by atoms with E-state index in [0.717, 1.165) is 26.2 Å². The third-order valence-corrected chi connectivity index (χ3v) is 16.0. The number of hydrogen-bond donors (Lipinski definition) is 0. The van der Waals surface area contributed by atoms with Gasteiger partial charge in [0.2, 0.25) is 0 Å². The molecule has 0 amide bonds. The molecule has 0 saturated carbocycles. The normalized spacial score (nSPS) is 11.5. The van der Waals surface area contributed by atoms with Crippen LogP contribution in [0.15, 0.2) is 115 Å². The zero-order chi connectivity index (χ0) is 41.1. The fourth-order valence-corrected chi connectivity index (χ4v) is 13.6. The molecular formula is C53H82N4P+. The van der Waals surface area contributed by atoms with E-state index in [2.05, 4.69) is 169 Å². The molecule has 0 bridgehead atoms. The number of hydrogen-bond acceptors (Lipinski definition) is 4. The van der Waals surface area contributed by atoms with Crippen LogP contribution in [0.2, 0.25) is 0 Å². The number of unbranched alkanes of at least 4 members (excludes halogenated alkanes) is 16. The minimum atomic E-state index is -2.74. The van der Waals surface area contributed by atoms with Crippen LogP contribution >= 0.6 is 7.87 Å². The third kappa shape index (κ3) is 14.1. The lowest BCUT2D eigenvalue weighted by Gasteiger charge is -2.53. The molecule has 4 aromatic carbocycles. The van der Waals surface area contributed by atoms with Gasteiger partial charge in [0.25, 0.3) is 0 Å². The minimum absolute atomic E-state index is 1.01. The highest BCUT2D eigenvalue weighted by Crippen LogP contribution is 2.74. The second-order valence-corrected chi connectivity index (χ2v) is 19.5. The molecule has 318 valence electrons. The highest BCUT2D eigenvalue weighted by molar-refractivity contribution is 7.81. The first-order chi connectivity index (χ1) is 28.6. The monoisotopic (exact) mass is 806 g/mol. The van der Waals surface area contributed by atoms with Gasteiger partial charge in [0.05, 0.1) is 48.9 Å². The second kappa shape index (κ2) is 28.1. The van der Waals surface area contributed by atoms with Crippen molar-refractivity contribution in [2.75, 3.05) is 44.9 Å². The van der Waals surface area contributed by atoms with Gasteiger partial charge in [-0.3, -0.25) is 0 Å². The Bertz CT molecular complexity index is 1440. The van der Waals surface area contributed by atoms with Crippen molar-refractivity contribution in [2.24, 2.45) is 0 Å². The Morgan fingerprint density at radius 3 is 0.897 bits per heavy atom. The van der Waals surface area contributed by atoms with Gasteiger partial charge in [-0.05, 0) is 80.6 Å². The summed E-state index contributed by atoms with van der Waals surface area (Å²) in [5.41, 5.74) is 6.78. The van der Waals surface area contributed by atoms with Gasteiger partial charge in [-0.1, -0.05) is 203 Å². The van der Waals surface area contributed by atoms with Gasteiger partial charge in [-0.2, -0.15) is 18.7 Å². The molecule has 0 heterocycles. The molecule has 58 heavy (non-hydrogen) atoms. The number of benzene rings is 4. The van der Waals surface area contributed by atoms with Crippen molar-refractivity contribution >= 4 is 30.6 Å². The largest absolute Gasteiger partial charge is 0.405 e. The van der Waals surface area contributed by atoms with Crippen LogP contribution < -0.4 is 18.7 Å². The van der Waals surface area contributed by atoms with Crippen molar-refractivity contribution in [1.82, 2.24) is 0 Å². The zero-order valence-electron chi connectivity index (χ0n) is 37.7. The molecule has 0 radical (unpaired) electrons. The lowest BCUT2D eigenvalue weighted by atomic mass is 10.1.